The number of hydrogen-bond donors (Lipinski definition) is 2. The molecule has 3 saturated heterocycles. The maximum Gasteiger partial charge on any atom is 0.0733 e. The molecule has 4 aliphatic rings. The smallest absolute Gasteiger partial charge is 0.0733 e. The Hall–Kier alpha value is -0.120. The summed E-state index contributed by atoms with van der Waals surface area (Å²) in [6.45, 7) is 1.24. The van der Waals surface area contributed by atoms with Crippen molar-refractivity contribution in [3.05, 3.63) is 0 Å². The van der Waals surface area contributed by atoms with Gasteiger partial charge in [0, 0.05) is 18.1 Å². The summed E-state index contributed by atoms with van der Waals surface area (Å²) in [4.78, 5) is 0. The van der Waals surface area contributed by atoms with Gasteiger partial charge in [-0.05, 0) is 57.4 Å². The molecule has 3 heterocycles. The molecule has 3 nitrogen and oxygen atoms in total. The first-order chi connectivity index (χ1) is 9.40. The topological polar surface area (TPSA) is 33.3 Å². The zero-order valence-electron chi connectivity index (χ0n) is 11.9. The van der Waals surface area contributed by atoms with Gasteiger partial charge in [0.05, 0.1) is 12.2 Å². The highest BCUT2D eigenvalue weighted by Crippen LogP contribution is 2.37. The Labute approximate surface area is 116 Å². The SMILES string of the molecule is C1CCC(C2CCCC2NC2CC3CCC2O3)NC1. The molecule has 1 saturated carbocycles. The van der Waals surface area contributed by atoms with E-state index in [1.54, 1.807) is 0 Å². The number of fused-ring (bicyclic) bond motifs is 2. The first kappa shape index (κ1) is 12.6. The van der Waals surface area contributed by atoms with Crippen LogP contribution in [0.4, 0.5) is 0 Å². The lowest BCUT2D eigenvalue weighted by Gasteiger charge is -2.35. The van der Waals surface area contributed by atoms with E-state index in [4.69, 9.17) is 4.74 Å². The molecule has 2 N–H and O–H groups in total. The van der Waals surface area contributed by atoms with Crippen molar-refractivity contribution in [1.29, 1.82) is 0 Å². The lowest BCUT2D eigenvalue weighted by molar-refractivity contribution is 0.0943. The van der Waals surface area contributed by atoms with Crippen LogP contribution in [-0.4, -0.2) is 36.9 Å². The Bertz CT molecular complexity index is 316. The average Bonchev–Trinajstić information content (AvgIpc) is 3.16. The minimum absolute atomic E-state index is 0.533. The van der Waals surface area contributed by atoms with Crippen molar-refractivity contribution in [2.75, 3.05) is 6.54 Å². The largest absolute Gasteiger partial charge is 0.373 e. The number of ether oxygens (including phenoxy) is 1. The van der Waals surface area contributed by atoms with Gasteiger partial charge in [0.15, 0.2) is 0 Å². The van der Waals surface area contributed by atoms with Gasteiger partial charge in [0.1, 0.15) is 0 Å². The highest BCUT2D eigenvalue weighted by molar-refractivity contribution is 4.99. The van der Waals surface area contributed by atoms with Gasteiger partial charge in [-0.15, -0.1) is 0 Å². The maximum absolute atomic E-state index is 6.00. The molecule has 0 aromatic heterocycles. The molecule has 1 aliphatic carbocycles. The molecule has 4 rings (SSSR count). The van der Waals surface area contributed by atoms with Crippen molar-refractivity contribution < 1.29 is 4.74 Å². The van der Waals surface area contributed by atoms with Gasteiger partial charge in [-0.25, -0.2) is 0 Å². The van der Waals surface area contributed by atoms with E-state index in [0.29, 0.717) is 18.2 Å². The highest BCUT2D eigenvalue weighted by atomic mass is 16.5. The van der Waals surface area contributed by atoms with E-state index in [1.807, 2.05) is 0 Å². The fraction of sp³-hybridized carbons (Fsp3) is 1.00. The van der Waals surface area contributed by atoms with Crippen molar-refractivity contribution in [3.63, 3.8) is 0 Å². The summed E-state index contributed by atoms with van der Waals surface area (Å²) in [5.74, 6) is 0.874. The molecule has 4 fully saturated rings. The van der Waals surface area contributed by atoms with Crippen molar-refractivity contribution in [3.8, 4) is 0 Å². The molecule has 0 amide bonds. The van der Waals surface area contributed by atoms with E-state index in [0.717, 1.165) is 18.0 Å². The Morgan fingerprint density at radius 3 is 2.63 bits per heavy atom. The zero-order valence-corrected chi connectivity index (χ0v) is 11.9. The van der Waals surface area contributed by atoms with Crippen LogP contribution in [0.25, 0.3) is 0 Å². The van der Waals surface area contributed by atoms with Crippen LogP contribution in [0, 0.1) is 5.92 Å². The summed E-state index contributed by atoms with van der Waals surface area (Å²) in [7, 11) is 0. The normalized spacial score (nSPS) is 49.9. The molecule has 3 aliphatic heterocycles. The minimum atomic E-state index is 0.533. The Kier molecular flexibility index (Phi) is 3.55. The van der Waals surface area contributed by atoms with Gasteiger partial charge in [0.2, 0.25) is 0 Å². The van der Waals surface area contributed by atoms with Gasteiger partial charge >= 0.3 is 0 Å². The summed E-state index contributed by atoms with van der Waals surface area (Å²) in [6, 6.07) is 2.20. The van der Waals surface area contributed by atoms with Crippen molar-refractivity contribution in [2.24, 2.45) is 5.92 Å². The van der Waals surface area contributed by atoms with E-state index in [2.05, 4.69) is 10.6 Å². The zero-order chi connectivity index (χ0) is 12.7. The lowest BCUT2D eigenvalue weighted by Crippen LogP contribution is -2.51. The fourth-order valence-corrected chi connectivity index (χ4v) is 5.01. The molecular weight excluding hydrogens is 236 g/mol. The van der Waals surface area contributed by atoms with E-state index in [9.17, 15) is 0 Å². The fourth-order valence-electron chi connectivity index (χ4n) is 5.01. The second-order valence-electron chi connectivity index (χ2n) is 7.14. The molecule has 108 valence electrons. The van der Waals surface area contributed by atoms with E-state index in [1.165, 1.54) is 64.3 Å². The van der Waals surface area contributed by atoms with Crippen LogP contribution in [0.1, 0.15) is 57.8 Å². The lowest BCUT2D eigenvalue weighted by atomic mass is 9.87. The molecule has 19 heavy (non-hydrogen) atoms. The van der Waals surface area contributed by atoms with Gasteiger partial charge in [-0.2, -0.15) is 0 Å². The van der Waals surface area contributed by atoms with E-state index < -0.39 is 0 Å². The summed E-state index contributed by atoms with van der Waals surface area (Å²) in [5, 5.41) is 7.77. The Morgan fingerprint density at radius 1 is 0.895 bits per heavy atom. The monoisotopic (exact) mass is 264 g/mol. The van der Waals surface area contributed by atoms with Crippen molar-refractivity contribution in [2.45, 2.75) is 88.1 Å². The van der Waals surface area contributed by atoms with Crippen molar-refractivity contribution >= 4 is 0 Å². The molecule has 2 bridgehead atoms. The molecule has 0 radical (unpaired) electrons. The van der Waals surface area contributed by atoms with E-state index >= 15 is 0 Å². The third kappa shape index (κ3) is 2.45. The molecule has 6 unspecified atom stereocenters. The first-order valence-corrected chi connectivity index (χ1v) is 8.55. The minimum Gasteiger partial charge on any atom is -0.373 e. The van der Waals surface area contributed by atoms with Gasteiger partial charge in [-0.1, -0.05) is 12.8 Å². The average molecular weight is 264 g/mol. The van der Waals surface area contributed by atoms with Gasteiger partial charge in [0.25, 0.3) is 0 Å². The van der Waals surface area contributed by atoms with Crippen molar-refractivity contribution in [1.82, 2.24) is 10.6 Å². The van der Waals surface area contributed by atoms with Crippen LogP contribution in [0.15, 0.2) is 0 Å². The summed E-state index contributed by atoms with van der Waals surface area (Å²) < 4.78 is 6.00. The van der Waals surface area contributed by atoms with Gasteiger partial charge < -0.3 is 15.4 Å². The van der Waals surface area contributed by atoms with Crippen LogP contribution >= 0.6 is 0 Å². The number of hydrogen-bond acceptors (Lipinski definition) is 3. The second kappa shape index (κ2) is 5.34. The molecule has 3 heteroatoms. The Balaban J connectivity index is 1.37. The van der Waals surface area contributed by atoms with E-state index in [-0.39, 0.29) is 0 Å². The molecule has 0 spiro atoms. The standard InChI is InChI=1S/C16H28N2O/c1-2-9-17-13(5-1)12-4-3-6-14(12)18-15-10-11-7-8-16(15)19-11/h11-18H,1-10H2. The van der Waals surface area contributed by atoms with Crippen LogP contribution in [0.2, 0.25) is 0 Å². The Morgan fingerprint density at radius 2 is 1.89 bits per heavy atom. The molecule has 0 aromatic carbocycles. The van der Waals surface area contributed by atoms with Gasteiger partial charge in [-0.3, -0.25) is 0 Å². The molecular formula is C16H28N2O. The summed E-state index contributed by atoms with van der Waals surface area (Å²) >= 11 is 0. The summed E-state index contributed by atoms with van der Waals surface area (Å²) in [6.07, 6.45) is 13.4. The predicted molar refractivity (Wildman–Crippen MR) is 76.2 cm³/mol. The molecule has 6 atom stereocenters. The number of piperidine rings is 1. The third-order valence-corrected chi connectivity index (χ3v) is 5.97. The predicted octanol–water partition coefficient (Wildman–Crippen LogP) is 2.21. The van der Waals surface area contributed by atoms with Crippen LogP contribution in [0.3, 0.4) is 0 Å². The first-order valence-electron chi connectivity index (χ1n) is 8.55. The van der Waals surface area contributed by atoms with Crippen LogP contribution < -0.4 is 10.6 Å². The summed E-state index contributed by atoms with van der Waals surface area (Å²) in [5.41, 5.74) is 0. The van der Waals surface area contributed by atoms with Crippen LogP contribution in [0.5, 0.6) is 0 Å². The second-order valence-corrected chi connectivity index (χ2v) is 7.14. The molecule has 0 aromatic rings. The number of rotatable bonds is 3. The highest BCUT2D eigenvalue weighted by Gasteiger charge is 2.43. The third-order valence-electron chi connectivity index (χ3n) is 5.97. The van der Waals surface area contributed by atoms with Crippen LogP contribution in [-0.2, 0) is 4.74 Å². The quantitative estimate of drug-likeness (QED) is 0.820. The maximum atomic E-state index is 6.00. The number of nitrogens with one attached hydrogen (secondary N) is 2.